The minimum atomic E-state index is -0.473. The highest BCUT2D eigenvalue weighted by Gasteiger charge is 2.12. The molecule has 0 spiro atoms. The zero-order valence-corrected chi connectivity index (χ0v) is 14.3. The van der Waals surface area contributed by atoms with E-state index in [-0.39, 0.29) is 5.57 Å². The molecule has 0 radical (unpaired) electrons. The van der Waals surface area contributed by atoms with Gasteiger partial charge < -0.3 is 10.6 Å². The maximum absolute atomic E-state index is 12.4. The Hall–Kier alpha value is -3.57. The second-order valence-corrected chi connectivity index (χ2v) is 5.73. The standard InChI is InChI=1S/C20H18N4O/c1-13-8-14(2)19(15(3)9-13)24-20(25)17(11-22)12-23-18-6-4-16(10-21)5-7-18/h4-9,12,23H,1-3H3,(H,24,25)/b17-12-. The predicted octanol–water partition coefficient (Wildman–Crippen LogP) is 3.94. The number of rotatable bonds is 4. The predicted molar refractivity (Wildman–Crippen MR) is 97.8 cm³/mol. The van der Waals surface area contributed by atoms with Gasteiger partial charge in [0, 0.05) is 17.6 Å². The van der Waals surface area contributed by atoms with Gasteiger partial charge in [0.05, 0.1) is 11.6 Å². The highest BCUT2D eigenvalue weighted by molar-refractivity contribution is 6.07. The lowest BCUT2D eigenvalue weighted by atomic mass is 10.0. The van der Waals surface area contributed by atoms with Crippen LogP contribution in [0.2, 0.25) is 0 Å². The zero-order chi connectivity index (χ0) is 18.4. The monoisotopic (exact) mass is 330 g/mol. The van der Waals surface area contributed by atoms with E-state index in [0.29, 0.717) is 11.3 Å². The van der Waals surface area contributed by atoms with Gasteiger partial charge in [0.15, 0.2) is 0 Å². The van der Waals surface area contributed by atoms with Crippen molar-refractivity contribution in [3.8, 4) is 12.1 Å². The van der Waals surface area contributed by atoms with E-state index in [0.717, 1.165) is 22.4 Å². The van der Waals surface area contributed by atoms with Gasteiger partial charge in [0.1, 0.15) is 11.6 Å². The summed E-state index contributed by atoms with van der Waals surface area (Å²) in [7, 11) is 0. The van der Waals surface area contributed by atoms with Gasteiger partial charge >= 0.3 is 0 Å². The Morgan fingerprint density at radius 3 is 2.16 bits per heavy atom. The van der Waals surface area contributed by atoms with E-state index in [1.807, 2.05) is 45.0 Å². The lowest BCUT2D eigenvalue weighted by Gasteiger charge is -2.12. The van der Waals surface area contributed by atoms with Gasteiger partial charge in [-0.05, 0) is 56.2 Å². The van der Waals surface area contributed by atoms with Crippen LogP contribution in [0, 0.1) is 43.4 Å². The Balaban J connectivity index is 2.16. The Morgan fingerprint density at radius 1 is 1.04 bits per heavy atom. The van der Waals surface area contributed by atoms with Crippen molar-refractivity contribution >= 4 is 17.3 Å². The molecular weight excluding hydrogens is 312 g/mol. The van der Waals surface area contributed by atoms with Crippen molar-refractivity contribution in [3.05, 3.63) is 70.4 Å². The van der Waals surface area contributed by atoms with E-state index in [2.05, 4.69) is 10.6 Å². The summed E-state index contributed by atoms with van der Waals surface area (Å²) in [6.45, 7) is 5.83. The van der Waals surface area contributed by atoms with Crippen LogP contribution in [0.5, 0.6) is 0 Å². The van der Waals surface area contributed by atoms with Crippen molar-refractivity contribution in [3.63, 3.8) is 0 Å². The number of nitrogens with one attached hydrogen (secondary N) is 2. The van der Waals surface area contributed by atoms with E-state index >= 15 is 0 Å². The molecule has 2 N–H and O–H groups in total. The number of nitriles is 2. The third kappa shape index (κ3) is 4.46. The van der Waals surface area contributed by atoms with Crippen LogP contribution in [0.1, 0.15) is 22.3 Å². The SMILES string of the molecule is Cc1cc(C)c(NC(=O)/C(C#N)=C\Nc2ccc(C#N)cc2)c(C)c1. The molecular formula is C20H18N4O. The quantitative estimate of drug-likeness (QED) is 0.656. The van der Waals surface area contributed by atoms with Crippen molar-refractivity contribution in [1.29, 1.82) is 10.5 Å². The number of carbonyl (C=O) groups is 1. The van der Waals surface area contributed by atoms with Crippen LogP contribution in [0.25, 0.3) is 0 Å². The highest BCUT2D eigenvalue weighted by Crippen LogP contribution is 2.22. The first kappa shape index (κ1) is 17.8. The summed E-state index contributed by atoms with van der Waals surface area (Å²) in [4.78, 5) is 12.4. The normalized spacial score (nSPS) is 10.5. The molecule has 0 bridgehead atoms. The summed E-state index contributed by atoms with van der Waals surface area (Å²) in [6, 6.07) is 14.6. The third-order valence-corrected chi connectivity index (χ3v) is 3.68. The average molecular weight is 330 g/mol. The van der Waals surface area contributed by atoms with Crippen LogP contribution in [0.3, 0.4) is 0 Å². The molecule has 0 saturated carbocycles. The molecule has 25 heavy (non-hydrogen) atoms. The van der Waals surface area contributed by atoms with Crippen molar-refractivity contribution in [2.24, 2.45) is 0 Å². The maximum Gasteiger partial charge on any atom is 0.267 e. The molecule has 2 rings (SSSR count). The van der Waals surface area contributed by atoms with Crippen molar-refractivity contribution < 1.29 is 4.79 Å². The van der Waals surface area contributed by atoms with E-state index < -0.39 is 5.91 Å². The number of hydrogen-bond acceptors (Lipinski definition) is 4. The van der Waals surface area contributed by atoms with Gasteiger partial charge in [-0.2, -0.15) is 10.5 Å². The summed E-state index contributed by atoms with van der Waals surface area (Å²) < 4.78 is 0. The number of nitrogens with zero attached hydrogens (tertiary/aromatic N) is 2. The fourth-order valence-electron chi connectivity index (χ4n) is 2.50. The molecule has 124 valence electrons. The average Bonchev–Trinajstić information content (AvgIpc) is 2.59. The van der Waals surface area contributed by atoms with Crippen LogP contribution in [0.4, 0.5) is 11.4 Å². The van der Waals surface area contributed by atoms with Gasteiger partial charge in [-0.3, -0.25) is 4.79 Å². The smallest absolute Gasteiger partial charge is 0.267 e. The molecule has 5 heteroatoms. The third-order valence-electron chi connectivity index (χ3n) is 3.68. The van der Waals surface area contributed by atoms with Crippen LogP contribution >= 0.6 is 0 Å². The molecule has 0 aromatic heterocycles. The summed E-state index contributed by atoms with van der Waals surface area (Å²) in [5.74, 6) is -0.473. The lowest BCUT2D eigenvalue weighted by molar-refractivity contribution is -0.112. The van der Waals surface area contributed by atoms with E-state index in [4.69, 9.17) is 5.26 Å². The molecule has 2 aromatic rings. The number of hydrogen-bond donors (Lipinski definition) is 2. The molecule has 0 aliphatic heterocycles. The topological polar surface area (TPSA) is 88.7 Å². The van der Waals surface area contributed by atoms with Crippen molar-refractivity contribution in [1.82, 2.24) is 0 Å². The Bertz CT molecular complexity index is 889. The molecule has 0 aliphatic carbocycles. The van der Waals surface area contributed by atoms with Gasteiger partial charge in [-0.25, -0.2) is 0 Å². The summed E-state index contributed by atoms with van der Waals surface area (Å²) in [6.07, 6.45) is 1.36. The molecule has 0 unspecified atom stereocenters. The molecule has 1 amide bonds. The van der Waals surface area contributed by atoms with Crippen LogP contribution in [0.15, 0.2) is 48.2 Å². The first-order valence-corrected chi connectivity index (χ1v) is 7.70. The summed E-state index contributed by atoms with van der Waals surface area (Å²) in [5.41, 5.74) is 4.91. The van der Waals surface area contributed by atoms with Crippen LogP contribution < -0.4 is 10.6 Å². The number of carbonyl (C=O) groups excluding carboxylic acids is 1. The molecule has 0 fully saturated rings. The fraction of sp³-hybridized carbons (Fsp3) is 0.150. The summed E-state index contributed by atoms with van der Waals surface area (Å²) in [5, 5.41) is 23.7. The first-order valence-electron chi connectivity index (χ1n) is 7.70. The number of anilines is 2. The summed E-state index contributed by atoms with van der Waals surface area (Å²) >= 11 is 0. The minimum absolute atomic E-state index is 0.0382. The van der Waals surface area contributed by atoms with Crippen molar-refractivity contribution in [2.75, 3.05) is 10.6 Å². The van der Waals surface area contributed by atoms with E-state index in [1.54, 1.807) is 24.3 Å². The largest absolute Gasteiger partial charge is 0.360 e. The highest BCUT2D eigenvalue weighted by atomic mass is 16.1. The Kier molecular flexibility index (Phi) is 5.55. The lowest BCUT2D eigenvalue weighted by Crippen LogP contribution is -2.16. The van der Waals surface area contributed by atoms with Gasteiger partial charge in [-0.15, -0.1) is 0 Å². The maximum atomic E-state index is 12.4. The van der Waals surface area contributed by atoms with Crippen LogP contribution in [-0.4, -0.2) is 5.91 Å². The molecule has 0 heterocycles. The van der Waals surface area contributed by atoms with E-state index in [1.165, 1.54) is 6.20 Å². The van der Waals surface area contributed by atoms with E-state index in [9.17, 15) is 10.1 Å². The van der Waals surface area contributed by atoms with Gasteiger partial charge in [0.25, 0.3) is 5.91 Å². The first-order chi connectivity index (χ1) is 11.9. The molecule has 0 saturated heterocycles. The second kappa shape index (κ2) is 7.81. The molecule has 0 aliphatic rings. The molecule has 5 nitrogen and oxygen atoms in total. The van der Waals surface area contributed by atoms with Gasteiger partial charge in [-0.1, -0.05) is 17.7 Å². The Labute approximate surface area is 147 Å². The van der Waals surface area contributed by atoms with Gasteiger partial charge in [0.2, 0.25) is 0 Å². The molecule has 2 aromatic carbocycles. The van der Waals surface area contributed by atoms with Crippen LogP contribution in [-0.2, 0) is 4.79 Å². The minimum Gasteiger partial charge on any atom is -0.360 e. The fourth-order valence-corrected chi connectivity index (χ4v) is 2.50. The zero-order valence-electron chi connectivity index (χ0n) is 14.3. The van der Waals surface area contributed by atoms with Crippen molar-refractivity contribution in [2.45, 2.75) is 20.8 Å². The number of benzene rings is 2. The second-order valence-electron chi connectivity index (χ2n) is 5.73. The number of amides is 1. The molecule has 0 atom stereocenters. The number of aryl methyl sites for hydroxylation is 3. The Morgan fingerprint density at radius 2 is 1.64 bits per heavy atom.